The van der Waals surface area contributed by atoms with E-state index in [-0.39, 0.29) is 16.1 Å². The summed E-state index contributed by atoms with van der Waals surface area (Å²) in [6.45, 7) is 5.22. The van der Waals surface area contributed by atoms with E-state index in [9.17, 15) is 17.6 Å². The van der Waals surface area contributed by atoms with Crippen molar-refractivity contribution < 1.29 is 17.2 Å². The number of hydrogen-bond donors (Lipinski definition) is 2. The van der Waals surface area contributed by atoms with Gasteiger partial charge in [0.2, 0.25) is 15.9 Å². The number of H-pyrrole nitrogens is 1. The Kier molecular flexibility index (Phi) is 7.04. The zero-order valence-electron chi connectivity index (χ0n) is 16.9. The van der Waals surface area contributed by atoms with Crippen molar-refractivity contribution in [3.63, 3.8) is 0 Å². The molecule has 0 radical (unpaired) electrons. The van der Waals surface area contributed by atoms with Crippen LogP contribution in [0.15, 0.2) is 44.4 Å². The second kappa shape index (κ2) is 9.23. The van der Waals surface area contributed by atoms with Gasteiger partial charge in [-0.05, 0) is 60.4 Å². The Hall–Kier alpha value is -2.01. The van der Waals surface area contributed by atoms with Crippen molar-refractivity contribution in [3.8, 4) is 0 Å². The van der Waals surface area contributed by atoms with Gasteiger partial charge >= 0.3 is 5.76 Å². The number of rotatable bonds is 7. The fraction of sp³-hybridized carbons (Fsp3) is 0.300. The molecule has 0 amide bonds. The molecule has 0 saturated carbocycles. The number of nitrogens with one attached hydrogen (secondary N) is 2. The Morgan fingerprint density at radius 1 is 1.29 bits per heavy atom. The number of aromatic amines is 1. The van der Waals surface area contributed by atoms with Crippen LogP contribution in [0.1, 0.15) is 47.0 Å². The quantitative estimate of drug-likeness (QED) is 0.436. The Morgan fingerprint density at radius 2 is 2.00 bits per heavy atom. The Bertz CT molecular complexity index is 1280. The van der Waals surface area contributed by atoms with Crippen LogP contribution < -0.4 is 10.5 Å². The molecular formula is C20H20BrClFN3O4S. The van der Waals surface area contributed by atoms with Crippen molar-refractivity contribution in [3.05, 3.63) is 79.9 Å². The fourth-order valence-electron chi connectivity index (χ4n) is 3.42. The van der Waals surface area contributed by atoms with Gasteiger partial charge < -0.3 is 4.42 Å². The van der Waals surface area contributed by atoms with Gasteiger partial charge in [-0.15, -0.1) is 5.10 Å². The lowest BCUT2D eigenvalue weighted by molar-refractivity contribution is 0.376. The van der Waals surface area contributed by atoms with Crippen LogP contribution in [0.25, 0.3) is 0 Å². The maximum atomic E-state index is 14.8. The molecule has 0 bridgehead atoms. The van der Waals surface area contributed by atoms with Crippen molar-refractivity contribution in [2.75, 3.05) is 0 Å². The van der Waals surface area contributed by atoms with Crippen LogP contribution in [-0.2, 0) is 15.4 Å². The Labute approximate surface area is 192 Å². The molecule has 3 aromatic rings. The average Bonchev–Trinajstić information content (AvgIpc) is 3.14. The standard InChI is InChI=1S/C20H20BrClFN3O4S/c1-10-4-6-15(23)17(11(10)2)12(3)18(19-24-25-20(27)30-19)26-31(28,29)16-7-5-14(22)8-13(16)9-21/h4-8,12,18,26H,9H2,1-3H3,(H,25,27)/t12?,18-/m0/s1. The predicted molar refractivity (Wildman–Crippen MR) is 119 cm³/mol. The minimum Gasteiger partial charge on any atom is -0.391 e. The smallest absolute Gasteiger partial charge is 0.391 e. The van der Waals surface area contributed by atoms with Gasteiger partial charge in [0.1, 0.15) is 11.9 Å². The molecule has 0 saturated heterocycles. The first-order chi connectivity index (χ1) is 14.5. The molecular weight excluding hydrogens is 513 g/mol. The summed E-state index contributed by atoms with van der Waals surface area (Å²) in [4.78, 5) is 11.5. The molecule has 2 N–H and O–H groups in total. The van der Waals surface area contributed by atoms with E-state index < -0.39 is 33.6 Å². The molecule has 166 valence electrons. The van der Waals surface area contributed by atoms with Crippen LogP contribution in [0.3, 0.4) is 0 Å². The third kappa shape index (κ3) is 4.92. The second-order valence-electron chi connectivity index (χ2n) is 7.13. The normalized spacial score (nSPS) is 13.9. The molecule has 0 spiro atoms. The van der Waals surface area contributed by atoms with Crippen molar-refractivity contribution in [1.29, 1.82) is 0 Å². The van der Waals surface area contributed by atoms with Gasteiger partial charge in [0, 0.05) is 16.3 Å². The van der Waals surface area contributed by atoms with Crippen LogP contribution >= 0.6 is 27.5 Å². The SMILES string of the molecule is Cc1ccc(F)c(C(C)[C@H](NS(=O)(=O)c2ccc(Cl)cc2CBr)c2n[nH]c(=O)o2)c1C. The van der Waals surface area contributed by atoms with Gasteiger partial charge in [-0.25, -0.2) is 22.7 Å². The van der Waals surface area contributed by atoms with E-state index >= 15 is 0 Å². The summed E-state index contributed by atoms with van der Waals surface area (Å²) in [5.74, 6) is -2.29. The minimum absolute atomic E-state index is 0.00899. The van der Waals surface area contributed by atoms with E-state index in [1.807, 2.05) is 6.92 Å². The van der Waals surface area contributed by atoms with Crippen molar-refractivity contribution in [2.24, 2.45) is 0 Å². The first-order valence-electron chi connectivity index (χ1n) is 9.23. The first-order valence-corrected chi connectivity index (χ1v) is 12.2. The Balaban J connectivity index is 2.12. The lowest BCUT2D eigenvalue weighted by Crippen LogP contribution is -2.33. The summed E-state index contributed by atoms with van der Waals surface area (Å²) in [7, 11) is -4.12. The molecule has 0 fully saturated rings. The number of aromatic nitrogens is 2. The number of benzene rings is 2. The van der Waals surface area contributed by atoms with Crippen LogP contribution in [0, 0.1) is 19.7 Å². The summed E-state index contributed by atoms with van der Waals surface area (Å²) in [6.07, 6.45) is 0. The molecule has 2 atom stereocenters. The highest BCUT2D eigenvalue weighted by atomic mass is 79.9. The molecule has 31 heavy (non-hydrogen) atoms. The van der Waals surface area contributed by atoms with Gasteiger partial charge in [-0.2, -0.15) is 4.72 Å². The van der Waals surface area contributed by atoms with E-state index in [1.54, 1.807) is 19.9 Å². The highest BCUT2D eigenvalue weighted by molar-refractivity contribution is 9.08. The third-order valence-corrected chi connectivity index (χ3v) is 7.53. The molecule has 3 rings (SSSR count). The lowest BCUT2D eigenvalue weighted by atomic mass is 9.88. The predicted octanol–water partition coefficient (Wildman–Crippen LogP) is 4.49. The van der Waals surface area contributed by atoms with Gasteiger partial charge in [0.15, 0.2) is 0 Å². The molecule has 2 aromatic carbocycles. The largest absolute Gasteiger partial charge is 0.434 e. The van der Waals surface area contributed by atoms with E-state index in [2.05, 4.69) is 30.8 Å². The summed E-state index contributed by atoms with van der Waals surface area (Å²) >= 11 is 9.25. The number of nitrogens with zero attached hydrogens (tertiary/aromatic N) is 1. The number of sulfonamides is 1. The minimum atomic E-state index is -4.12. The summed E-state index contributed by atoms with van der Waals surface area (Å²) in [6, 6.07) is 6.18. The molecule has 11 heteroatoms. The maximum Gasteiger partial charge on any atom is 0.434 e. The third-order valence-electron chi connectivity index (χ3n) is 5.15. The van der Waals surface area contributed by atoms with Crippen LogP contribution in [0.5, 0.6) is 0 Å². The molecule has 1 unspecified atom stereocenters. The van der Waals surface area contributed by atoms with Gasteiger partial charge in [0.05, 0.1) is 4.90 Å². The van der Waals surface area contributed by atoms with Gasteiger partial charge in [0.25, 0.3) is 0 Å². The molecule has 0 aliphatic carbocycles. The summed E-state index contributed by atoms with van der Waals surface area (Å²) in [5.41, 5.74) is 2.25. The maximum absolute atomic E-state index is 14.8. The van der Waals surface area contributed by atoms with E-state index in [1.165, 1.54) is 24.3 Å². The van der Waals surface area contributed by atoms with Crippen molar-refractivity contribution in [1.82, 2.24) is 14.9 Å². The average molecular weight is 533 g/mol. The van der Waals surface area contributed by atoms with Crippen LogP contribution in [0.2, 0.25) is 5.02 Å². The number of aryl methyl sites for hydroxylation is 1. The number of halogens is 3. The van der Waals surface area contributed by atoms with E-state index in [0.29, 0.717) is 21.7 Å². The molecule has 1 heterocycles. The topological polar surface area (TPSA) is 105 Å². The van der Waals surface area contributed by atoms with E-state index in [0.717, 1.165) is 5.56 Å². The number of hydrogen-bond acceptors (Lipinski definition) is 5. The monoisotopic (exact) mass is 531 g/mol. The molecule has 1 aromatic heterocycles. The zero-order chi connectivity index (χ0) is 22.9. The van der Waals surface area contributed by atoms with Crippen molar-refractivity contribution in [2.45, 2.75) is 43.0 Å². The van der Waals surface area contributed by atoms with Crippen LogP contribution in [-0.4, -0.2) is 18.6 Å². The molecule has 0 aliphatic heterocycles. The zero-order valence-corrected chi connectivity index (χ0v) is 20.0. The lowest BCUT2D eigenvalue weighted by Gasteiger charge is -2.25. The first kappa shape index (κ1) is 23.6. The van der Waals surface area contributed by atoms with Crippen molar-refractivity contribution >= 4 is 37.6 Å². The number of alkyl halides is 1. The van der Waals surface area contributed by atoms with Crippen LogP contribution in [0.4, 0.5) is 4.39 Å². The second-order valence-corrected chi connectivity index (χ2v) is 9.81. The molecule has 0 aliphatic rings. The highest BCUT2D eigenvalue weighted by Gasteiger charge is 2.34. The highest BCUT2D eigenvalue weighted by Crippen LogP contribution is 2.35. The van der Waals surface area contributed by atoms with E-state index in [4.69, 9.17) is 16.0 Å². The Morgan fingerprint density at radius 3 is 2.61 bits per heavy atom. The molecule has 7 nitrogen and oxygen atoms in total. The van der Waals surface area contributed by atoms with Gasteiger partial charge in [-0.3, -0.25) is 0 Å². The van der Waals surface area contributed by atoms with Gasteiger partial charge in [-0.1, -0.05) is 40.5 Å². The summed E-state index contributed by atoms with van der Waals surface area (Å²) in [5, 5.41) is 6.55. The fourth-order valence-corrected chi connectivity index (χ4v) is 5.75. The summed E-state index contributed by atoms with van der Waals surface area (Å²) < 4.78 is 48.9.